The van der Waals surface area contributed by atoms with E-state index in [-0.39, 0.29) is 5.41 Å². The van der Waals surface area contributed by atoms with Crippen LogP contribution >= 0.6 is 0 Å². The average Bonchev–Trinajstić information content (AvgIpc) is 3.59. The van der Waals surface area contributed by atoms with Crippen LogP contribution in [-0.4, -0.2) is 15.0 Å². The van der Waals surface area contributed by atoms with Crippen LogP contribution in [0.3, 0.4) is 0 Å². The number of benzene rings is 7. The molecule has 60 heavy (non-hydrogen) atoms. The maximum atomic E-state index is 6.61. The van der Waals surface area contributed by atoms with Gasteiger partial charge >= 0.3 is 0 Å². The maximum Gasteiger partial charge on any atom is 0.163 e. The van der Waals surface area contributed by atoms with Crippen LogP contribution < -0.4 is 4.74 Å². The minimum Gasteiger partial charge on any atom is -0.457 e. The molecule has 1 aliphatic heterocycles. The Labute approximate surface area is 351 Å². The van der Waals surface area contributed by atoms with Gasteiger partial charge in [0.1, 0.15) is 17.3 Å². The predicted octanol–water partition coefficient (Wildman–Crippen LogP) is 13.5. The molecule has 4 saturated carbocycles. The zero-order valence-corrected chi connectivity index (χ0v) is 33.4. The van der Waals surface area contributed by atoms with E-state index in [1.807, 2.05) is 0 Å². The van der Waals surface area contributed by atoms with Crippen LogP contribution in [0.25, 0.3) is 56.2 Å². The molecule has 0 saturated heterocycles. The second-order valence-corrected chi connectivity index (χ2v) is 18.1. The van der Waals surface area contributed by atoms with E-state index in [1.54, 1.807) is 0 Å². The Morgan fingerprint density at radius 3 is 1.55 bits per heavy atom. The minimum atomic E-state index is -0.519. The van der Waals surface area contributed by atoms with Gasteiger partial charge in [0.25, 0.3) is 0 Å². The van der Waals surface area contributed by atoms with Crippen molar-refractivity contribution in [3.05, 3.63) is 198 Å². The Kier molecular flexibility index (Phi) is 7.37. The molecule has 1 aromatic heterocycles. The lowest BCUT2D eigenvalue weighted by Gasteiger charge is -2.56. The Morgan fingerprint density at radius 1 is 0.400 bits per heavy atom. The summed E-state index contributed by atoms with van der Waals surface area (Å²) in [4.78, 5) is 16.3. The monoisotopic (exact) mass is 773 g/mol. The van der Waals surface area contributed by atoms with Gasteiger partial charge in [-0.1, -0.05) is 146 Å². The molecule has 0 radical (unpaired) electrons. The smallest absolute Gasteiger partial charge is 0.163 e. The van der Waals surface area contributed by atoms with Gasteiger partial charge < -0.3 is 4.74 Å². The van der Waals surface area contributed by atoms with E-state index in [0.717, 1.165) is 63.4 Å². The first-order valence-electron chi connectivity index (χ1n) is 21.8. The van der Waals surface area contributed by atoms with Gasteiger partial charge in [-0.25, -0.2) is 15.0 Å². The number of fused-ring (bicyclic) bond motifs is 9. The van der Waals surface area contributed by atoms with Gasteiger partial charge in [0, 0.05) is 27.7 Å². The highest BCUT2D eigenvalue weighted by Gasteiger charge is 2.54. The van der Waals surface area contributed by atoms with Crippen molar-refractivity contribution >= 4 is 0 Å². The molecular formula is C56H43N3O. The van der Waals surface area contributed by atoms with Crippen molar-refractivity contribution in [2.75, 3.05) is 0 Å². The first-order valence-corrected chi connectivity index (χ1v) is 21.8. The van der Waals surface area contributed by atoms with E-state index in [0.29, 0.717) is 0 Å². The maximum absolute atomic E-state index is 6.61. The lowest BCUT2D eigenvalue weighted by atomic mass is 9.49. The van der Waals surface area contributed by atoms with Gasteiger partial charge in [0.2, 0.25) is 0 Å². The molecule has 4 heteroatoms. The van der Waals surface area contributed by atoms with Crippen molar-refractivity contribution in [1.82, 2.24) is 15.0 Å². The van der Waals surface area contributed by atoms with Crippen molar-refractivity contribution in [1.29, 1.82) is 0 Å². The molecule has 6 aliphatic rings. The summed E-state index contributed by atoms with van der Waals surface area (Å²) in [6.07, 6.45) is 7.71. The first-order chi connectivity index (χ1) is 29.6. The van der Waals surface area contributed by atoms with Crippen molar-refractivity contribution in [2.24, 2.45) is 17.8 Å². The van der Waals surface area contributed by atoms with E-state index in [9.17, 15) is 0 Å². The molecule has 8 aromatic rings. The van der Waals surface area contributed by atoms with E-state index >= 15 is 0 Å². The number of ether oxygens (including phenoxy) is 1. The van der Waals surface area contributed by atoms with Gasteiger partial charge in [-0.05, 0) is 125 Å². The van der Waals surface area contributed by atoms with Crippen LogP contribution in [0, 0.1) is 17.8 Å². The Bertz CT molecular complexity index is 2940. The summed E-state index contributed by atoms with van der Waals surface area (Å²) in [6, 6.07) is 61.3. The Balaban J connectivity index is 0.991. The molecular weight excluding hydrogens is 731 g/mol. The highest BCUT2D eigenvalue weighted by atomic mass is 16.5. The molecule has 0 atom stereocenters. The number of hydrogen-bond donors (Lipinski definition) is 0. The van der Waals surface area contributed by atoms with Gasteiger partial charge in [-0.2, -0.15) is 0 Å². The number of para-hydroxylation sites is 2. The van der Waals surface area contributed by atoms with E-state index < -0.39 is 5.41 Å². The summed E-state index contributed by atoms with van der Waals surface area (Å²) >= 11 is 0. The number of nitrogens with zero attached hydrogens (tertiary/aromatic N) is 3. The van der Waals surface area contributed by atoms with Gasteiger partial charge in [-0.15, -0.1) is 0 Å². The molecule has 2 heterocycles. The minimum absolute atomic E-state index is 0.0183. The number of aromatic nitrogens is 3. The summed E-state index contributed by atoms with van der Waals surface area (Å²) in [5.41, 5.74) is 13.7. The number of hydrogen-bond acceptors (Lipinski definition) is 4. The Hall–Kier alpha value is -6.65. The molecule has 7 aromatic carbocycles. The number of rotatable bonds is 5. The van der Waals surface area contributed by atoms with Crippen molar-refractivity contribution in [3.63, 3.8) is 0 Å². The Morgan fingerprint density at radius 2 is 0.883 bits per heavy atom. The third-order valence-electron chi connectivity index (χ3n) is 14.7. The molecule has 4 bridgehead atoms. The zero-order chi connectivity index (χ0) is 39.4. The molecule has 5 aliphatic carbocycles. The highest BCUT2D eigenvalue weighted by Crippen LogP contribution is 2.64. The van der Waals surface area contributed by atoms with E-state index in [2.05, 4.69) is 170 Å². The standard InChI is InChI=1S/C56H43N3O/c1-2-13-38(14-3-1)39-15-10-17-41(30-39)52-57-53(59-54(58-52)55-32-35-27-36(33-55)29-37(28-35)34-55)42-18-11-16-40(31-42)43-20-12-24-48-51(43)44-19-4-5-21-45(44)56(48)46-22-6-8-25-49(46)60-50-26-9-7-23-47(50)56/h1-26,30-31,35-37H,27-29,32-34H2/t35-,36-,37?,55?/m1/s1. The molecule has 0 unspecified atom stereocenters. The van der Waals surface area contributed by atoms with Crippen molar-refractivity contribution < 1.29 is 4.74 Å². The highest BCUT2D eigenvalue weighted by molar-refractivity contribution is 5.97. The van der Waals surface area contributed by atoms with Gasteiger partial charge in [-0.3, -0.25) is 0 Å². The first kappa shape index (κ1) is 34.2. The summed E-state index contributed by atoms with van der Waals surface area (Å²) in [5.74, 6) is 6.69. The molecule has 14 rings (SSSR count). The quantitative estimate of drug-likeness (QED) is 0.175. The fourth-order valence-corrected chi connectivity index (χ4v) is 12.7. The summed E-state index contributed by atoms with van der Waals surface area (Å²) in [5, 5.41) is 0. The zero-order valence-electron chi connectivity index (χ0n) is 33.4. The van der Waals surface area contributed by atoms with Crippen LogP contribution in [-0.2, 0) is 10.8 Å². The van der Waals surface area contributed by atoms with E-state index in [1.165, 1.54) is 88.6 Å². The van der Waals surface area contributed by atoms with E-state index in [4.69, 9.17) is 19.7 Å². The lowest BCUT2D eigenvalue weighted by Crippen LogP contribution is -2.49. The van der Waals surface area contributed by atoms with Gasteiger partial charge in [0.15, 0.2) is 11.6 Å². The lowest BCUT2D eigenvalue weighted by molar-refractivity contribution is -0.00938. The topological polar surface area (TPSA) is 47.9 Å². The third-order valence-corrected chi connectivity index (χ3v) is 14.7. The second kappa shape index (κ2) is 12.9. The fourth-order valence-electron chi connectivity index (χ4n) is 12.7. The predicted molar refractivity (Wildman–Crippen MR) is 239 cm³/mol. The summed E-state index contributed by atoms with van der Waals surface area (Å²) < 4.78 is 6.61. The van der Waals surface area contributed by atoms with Crippen LogP contribution in [0.4, 0.5) is 0 Å². The van der Waals surface area contributed by atoms with Crippen LogP contribution in [0.15, 0.2) is 170 Å². The molecule has 288 valence electrons. The third kappa shape index (κ3) is 5.00. The average molecular weight is 774 g/mol. The molecule has 4 nitrogen and oxygen atoms in total. The molecule has 0 amide bonds. The van der Waals surface area contributed by atoms with Crippen LogP contribution in [0.1, 0.15) is 66.6 Å². The molecule has 1 spiro atoms. The second-order valence-electron chi connectivity index (χ2n) is 18.1. The fraction of sp³-hybridized carbons (Fsp3) is 0.196. The largest absolute Gasteiger partial charge is 0.457 e. The molecule has 0 N–H and O–H groups in total. The summed E-state index contributed by atoms with van der Waals surface area (Å²) in [6.45, 7) is 0. The van der Waals surface area contributed by atoms with Crippen molar-refractivity contribution in [2.45, 2.75) is 49.4 Å². The van der Waals surface area contributed by atoms with Crippen molar-refractivity contribution in [3.8, 4) is 67.7 Å². The van der Waals surface area contributed by atoms with Gasteiger partial charge in [0.05, 0.1) is 5.41 Å². The van der Waals surface area contributed by atoms with Crippen LogP contribution in [0.2, 0.25) is 0 Å². The molecule has 4 fully saturated rings. The summed E-state index contributed by atoms with van der Waals surface area (Å²) in [7, 11) is 0. The van der Waals surface area contributed by atoms with Crippen LogP contribution in [0.5, 0.6) is 11.5 Å². The SMILES string of the molecule is c1ccc(-c2cccc(-c3nc(-c4cccc(-c5cccc6c5-c5ccccc5C65c6ccccc6Oc6ccccc65)c4)nc(C45CC6C[C@H](C4)C[C@H](C6)C5)n3)c2)cc1. The normalized spacial score (nSPS) is 22.1.